The summed E-state index contributed by atoms with van der Waals surface area (Å²) >= 11 is 0. The highest BCUT2D eigenvalue weighted by Gasteiger charge is 2.42. The molecule has 0 atom stereocenters. The van der Waals surface area contributed by atoms with Crippen LogP contribution in [0, 0.1) is 0 Å². The van der Waals surface area contributed by atoms with Crippen molar-refractivity contribution < 1.29 is 31.3 Å². The second-order valence-corrected chi connectivity index (χ2v) is 3.75. The molecule has 0 aromatic rings. The van der Waals surface area contributed by atoms with Crippen LogP contribution in [0.3, 0.4) is 0 Å². The Kier molecular flexibility index (Phi) is 5.82. The molecule has 8 heteroatoms. The Balaban J connectivity index is 4.46. The van der Waals surface area contributed by atoms with E-state index in [4.69, 9.17) is 0 Å². The maximum Gasteiger partial charge on any atom is 0.531 e. The molecule has 0 radical (unpaired) electrons. The predicted molar refractivity (Wildman–Crippen MR) is 47.0 cm³/mol. The molecular weight excluding hydrogens is 236 g/mol. The quantitative estimate of drug-likeness (QED) is 0.511. The van der Waals surface area contributed by atoms with E-state index in [1.807, 2.05) is 0 Å². The number of alkyl halides is 3. The van der Waals surface area contributed by atoms with Crippen molar-refractivity contribution in [2.45, 2.75) is 6.36 Å². The lowest BCUT2D eigenvalue weighted by atomic mass is 10.7. The van der Waals surface area contributed by atoms with E-state index in [-0.39, 0.29) is 13.2 Å². The van der Waals surface area contributed by atoms with Crippen molar-refractivity contribution in [3.05, 3.63) is 25.3 Å². The van der Waals surface area contributed by atoms with Crippen molar-refractivity contribution in [3.63, 3.8) is 0 Å². The van der Waals surface area contributed by atoms with Crippen LogP contribution in [-0.2, 0) is 18.1 Å². The van der Waals surface area contributed by atoms with E-state index >= 15 is 0 Å². The first-order valence-corrected chi connectivity index (χ1v) is 5.17. The number of hydrogen-bond acceptors (Lipinski definition) is 4. The Hall–Kier alpha value is -0.620. The van der Waals surface area contributed by atoms with Crippen LogP contribution in [0.4, 0.5) is 13.2 Å². The van der Waals surface area contributed by atoms with Crippen LogP contribution in [0.2, 0.25) is 0 Å². The Labute approximate surface area is 84.9 Å². The lowest BCUT2D eigenvalue weighted by Crippen LogP contribution is -2.14. The SMILES string of the molecule is C=CCOP(=O)(OCC=C)OC(F)(F)F. The topological polar surface area (TPSA) is 44.8 Å². The Morgan fingerprint density at radius 2 is 1.53 bits per heavy atom. The van der Waals surface area contributed by atoms with Gasteiger partial charge in [0.1, 0.15) is 0 Å². The molecule has 88 valence electrons. The molecular formula is C7H10F3O4P. The maximum absolute atomic E-state index is 11.8. The highest BCUT2D eigenvalue weighted by molar-refractivity contribution is 7.48. The van der Waals surface area contributed by atoms with Crippen molar-refractivity contribution in [1.29, 1.82) is 0 Å². The molecule has 0 saturated heterocycles. The van der Waals surface area contributed by atoms with E-state index in [0.717, 1.165) is 12.2 Å². The van der Waals surface area contributed by atoms with Gasteiger partial charge < -0.3 is 0 Å². The van der Waals surface area contributed by atoms with Crippen LogP contribution < -0.4 is 0 Å². The van der Waals surface area contributed by atoms with Crippen LogP contribution >= 0.6 is 7.82 Å². The molecule has 0 aliphatic carbocycles. The summed E-state index contributed by atoms with van der Waals surface area (Å²) in [5.74, 6) is 0. The summed E-state index contributed by atoms with van der Waals surface area (Å²) < 4.78 is 58.5. The van der Waals surface area contributed by atoms with Crippen molar-refractivity contribution >= 4 is 7.82 Å². The molecule has 0 heterocycles. The Bertz CT molecular complexity index is 247. The molecule has 4 nitrogen and oxygen atoms in total. The zero-order chi connectivity index (χ0) is 11.9. The third-order valence-corrected chi connectivity index (χ3v) is 2.28. The van der Waals surface area contributed by atoms with Crippen LogP contribution in [-0.4, -0.2) is 19.6 Å². The summed E-state index contributed by atoms with van der Waals surface area (Å²) in [6.45, 7) is 5.59. The van der Waals surface area contributed by atoms with Crippen molar-refractivity contribution in [2.24, 2.45) is 0 Å². The van der Waals surface area contributed by atoms with Gasteiger partial charge in [0.2, 0.25) is 0 Å². The normalized spacial score (nSPS) is 12.5. The van der Waals surface area contributed by atoms with Gasteiger partial charge in [-0.15, -0.1) is 26.3 Å². The van der Waals surface area contributed by atoms with Gasteiger partial charge in [0.05, 0.1) is 13.2 Å². The number of phosphoric ester groups is 1. The zero-order valence-electron chi connectivity index (χ0n) is 7.70. The van der Waals surface area contributed by atoms with E-state index in [1.54, 1.807) is 0 Å². The van der Waals surface area contributed by atoms with E-state index < -0.39 is 14.2 Å². The third-order valence-electron chi connectivity index (χ3n) is 0.916. The van der Waals surface area contributed by atoms with Crippen LogP contribution in [0.1, 0.15) is 0 Å². The second kappa shape index (κ2) is 6.07. The van der Waals surface area contributed by atoms with E-state index in [2.05, 4.69) is 26.7 Å². The number of halogens is 3. The fourth-order valence-corrected chi connectivity index (χ4v) is 1.51. The van der Waals surface area contributed by atoms with Gasteiger partial charge in [0.25, 0.3) is 0 Å². The summed E-state index contributed by atoms with van der Waals surface area (Å²) in [4.78, 5) is 0. The first kappa shape index (κ1) is 14.4. The number of hydrogen-bond donors (Lipinski definition) is 0. The van der Waals surface area contributed by atoms with E-state index in [0.29, 0.717) is 0 Å². The van der Waals surface area contributed by atoms with Gasteiger partial charge in [-0.05, 0) is 0 Å². The molecule has 0 rings (SSSR count). The molecule has 0 aromatic heterocycles. The first-order chi connectivity index (χ1) is 6.83. The monoisotopic (exact) mass is 246 g/mol. The lowest BCUT2D eigenvalue weighted by Gasteiger charge is -2.17. The average Bonchev–Trinajstić information content (AvgIpc) is 2.09. The maximum atomic E-state index is 11.8. The summed E-state index contributed by atoms with van der Waals surface area (Å²) in [5, 5.41) is 0. The molecule has 0 unspecified atom stereocenters. The summed E-state index contributed by atoms with van der Waals surface area (Å²) in [7, 11) is -4.64. The number of phosphoric acid groups is 1. The van der Waals surface area contributed by atoms with Gasteiger partial charge in [-0.25, -0.2) is 4.57 Å². The lowest BCUT2D eigenvalue weighted by molar-refractivity contribution is -0.283. The Morgan fingerprint density at radius 1 is 1.13 bits per heavy atom. The van der Waals surface area contributed by atoms with Gasteiger partial charge in [0.15, 0.2) is 0 Å². The minimum atomic E-state index is -5.10. The first-order valence-electron chi connectivity index (χ1n) is 3.71. The molecule has 0 saturated carbocycles. The fourth-order valence-electron chi connectivity index (χ4n) is 0.505. The standard InChI is InChI=1S/C7H10F3O4P/c1-3-5-12-15(11,13-6-4-2)14-7(8,9)10/h3-4H,1-2,5-6H2. The minimum absolute atomic E-state index is 0.384. The van der Waals surface area contributed by atoms with Crippen LogP contribution in [0.5, 0.6) is 0 Å². The summed E-state index contributed by atoms with van der Waals surface area (Å²) in [6, 6.07) is 0. The van der Waals surface area contributed by atoms with Gasteiger partial charge in [-0.3, -0.25) is 9.05 Å². The molecule has 0 bridgehead atoms. The second-order valence-electron chi connectivity index (χ2n) is 2.15. The van der Waals surface area contributed by atoms with Gasteiger partial charge in [0, 0.05) is 0 Å². The Morgan fingerprint density at radius 3 is 1.80 bits per heavy atom. The van der Waals surface area contributed by atoms with Gasteiger partial charge >= 0.3 is 14.2 Å². The van der Waals surface area contributed by atoms with Crippen LogP contribution in [0.25, 0.3) is 0 Å². The summed E-state index contributed by atoms with van der Waals surface area (Å²) in [6.07, 6.45) is -2.87. The number of rotatable bonds is 7. The van der Waals surface area contributed by atoms with Crippen LogP contribution in [0.15, 0.2) is 25.3 Å². The zero-order valence-corrected chi connectivity index (χ0v) is 8.59. The van der Waals surface area contributed by atoms with Gasteiger partial charge in [-0.2, -0.15) is 4.52 Å². The average molecular weight is 246 g/mol. The van der Waals surface area contributed by atoms with Gasteiger partial charge in [-0.1, -0.05) is 12.2 Å². The van der Waals surface area contributed by atoms with E-state index in [9.17, 15) is 17.7 Å². The van der Waals surface area contributed by atoms with E-state index in [1.165, 1.54) is 0 Å². The fraction of sp³-hybridized carbons (Fsp3) is 0.429. The molecule has 0 aromatic carbocycles. The smallest absolute Gasteiger partial charge is 0.283 e. The molecule has 15 heavy (non-hydrogen) atoms. The highest BCUT2D eigenvalue weighted by Crippen LogP contribution is 2.53. The largest absolute Gasteiger partial charge is 0.531 e. The molecule has 0 aliphatic rings. The van der Waals surface area contributed by atoms with Crippen molar-refractivity contribution in [1.82, 2.24) is 0 Å². The molecule has 0 aliphatic heterocycles. The van der Waals surface area contributed by atoms with Crippen molar-refractivity contribution in [2.75, 3.05) is 13.2 Å². The highest BCUT2D eigenvalue weighted by atomic mass is 31.2. The minimum Gasteiger partial charge on any atom is -0.283 e. The van der Waals surface area contributed by atoms with Crippen molar-refractivity contribution in [3.8, 4) is 0 Å². The molecule has 0 amide bonds. The predicted octanol–water partition coefficient (Wildman–Crippen LogP) is 3.04. The molecule has 0 fully saturated rings. The molecule has 0 N–H and O–H groups in total. The summed E-state index contributed by atoms with van der Waals surface area (Å²) in [5.41, 5.74) is 0. The molecule has 0 spiro atoms. The third kappa shape index (κ3) is 7.33.